The van der Waals surface area contributed by atoms with Gasteiger partial charge in [0.25, 0.3) is 0 Å². The molecule has 1 rings (SSSR count). The Morgan fingerprint density at radius 1 is 1.16 bits per heavy atom. The number of rotatable bonds is 6. The van der Waals surface area contributed by atoms with Gasteiger partial charge in [0.1, 0.15) is 13.1 Å². The van der Waals surface area contributed by atoms with Crippen molar-refractivity contribution in [3.8, 4) is 0 Å². The first kappa shape index (κ1) is 14.4. The van der Waals surface area contributed by atoms with E-state index in [1.165, 1.54) is 12.2 Å². The number of nitrogens with zero attached hydrogens (tertiary/aromatic N) is 1. The van der Waals surface area contributed by atoms with Crippen molar-refractivity contribution in [3.05, 3.63) is 42.0 Å². The van der Waals surface area contributed by atoms with E-state index in [-0.39, 0.29) is 0 Å². The van der Waals surface area contributed by atoms with Crippen LogP contribution in [-0.2, 0) is 14.4 Å². The van der Waals surface area contributed by atoms with Crippen LogP contribution >= 0.6 is 0 Å². The molecule has 0 aliphatic carbocycles. The summed E-state index contributed by atoms with van der Waals surface area (Å²) < 4.78 is 0. The SMILES string of the molecule is NC(=O)CN(CC(=O)O)C(=O)/C=C/c1ccccc1. The van der Waals surface area contributed by atoms with Crippen LogP contribution in [0.5, 0.6) is 0 Å². The van der Waals surface area contributed by atoms with Crippen molar-refractivity contribution in [2.45, 2.75) is 0 Å². The third-order valence-electron chi connectivity index (χ3n) is 2.20. The van der Waals surface area contributed by atoms with Gasteiger partial charge in [-0.3, -0.25) is 14.4 Å². The smallest absolute Gasteiger partial charge is 0.323 e. The van der Waals surface area contributed by atoms with Crippen LogP contribution in [0.2, 0.25) is 0 Å². The van der Waals surface area contributed by atoms with Crippen molar-refractivity contribution in [2.75, 3.05) is 13.1 Å². The number of hydrogen-bond acceptors (Lipinski definition) is 3. The summed E-state index contributed by atoms with van der Waals surface area (Å²) in [6.45, 7) is -0.995. The molecule has 0 aliphatic heterocycles. The second-order valence-corrected chi connectivity index (χ2v) is 3.80. The van der Waals surface area contributed by atoms with Crippen LogP contribution in [0.15, 0.2) is 36.4 Å². The molecule has 0 saturated carbocycles. The van der Waals surface area contributed by atoms with Gasteiger partial charge in [-0.2, -0.15) is 0 Å². The molecule has 0 unspecified atom stereocenters. The fraction of sp³-hybridized carbons (Fsp3) is 0.154. The molecule has 0 fully saturated rings. The number of carbonyl (C=O) groups is 3. The van der Waals surface area contributed by atoms with Gasteiger partial charge < -0.3 is 15.7 Å². The molecule has 0 bridgehead atoms. The highest BCUT2D eigenvalue weighted by Gasteiger charge is 2.16. The van der Waals surface area contributed by atoms with Gasteiger partial charge in [-0.1, -0.05) is 30.3 Å². The number of primary amides is 1. The molecule has 0 saturated heterocycles. The minimum absolute atomic E-state index is 0.426. The van der Waals surface area contributed by atoms with E-state index in [4.69, 9.17) is 10.8 Å². The maximum absolute atomic E-state index is 11.8. The Labute approximate surface area is 110 Å². The zero-order chi connectivity index (χ0) is 14.3. The predicted octanol–water partition coefficient (Wildman–Crippen LogP) is 0.0983. The molecule has 100 valence electrons. The number of carboxylic acids is 1. The average Bonchev–Trinajstić information content (AvgIpc) is 2.35. The molecule has 19 heavy (non-hydrogen) atoms. The summed E-state index contributed by atoms with van der Waals surface area (Å²) in [5, 5.41) is 8.66. The highest BCUT2D eigenvalue weighted by atomic mass is 16.4. The predicted molar refractivity (Wildman–Crippen MR) is 68.9 cm³/mol. The largest absolute Gasteiger partial charge is 0.480 e. The molecule has 1 aromatic rings. The number of carbonyl (C=O) groups excluding carboxylic acids is 2. The summed E-state index contributed by atoms with van der Waals surface area (Å²) in [6.07, 6.45) is 2.75. The van der Waals surface area contributed by atoms with Gasteiger partial charge in [0, 0.05) is 6.08 Å². The lowest BCUT2D eigenvalue weighted by Crippen LogP contribution is -2.40. The molecule has 6 heteroatoms. The fourth-order valence-electron chi connectivity index (χ4n) is 1.40. The van der Waals surface area contributed by atoms with Crippen molar-refractivity contribution in [1.82, 2.24) is 4.90 Å². The van der Waals surface area contributed by atoms with Crippen LogP contribution in [0.1, 0.15) is 5.56 Å². The molecule has 0 aromatic heterocycles. The number of carboxylic acid groups (broad SMARTS) is 1. The first-order chi connectivity index (χ1) is 8.99. The van der Waals surface area contributed by atoms with Gasteiger partial charge in [0.2, 0.25) is 11.8 Å². The van der Waals surface area contributed by atoms with E-state index in [9.17, 15) is 14.4 Å². The van der Waals surface area contributed by atoms with E-state index in [1.807, 2.05) is 18.2 Å². The topological polar surface area (TPSA) is 101 Å². The van der Waals surface area contributed by atoms with Crippen LogP contribution in [-0.4, -0.2) is 40.9 Å². The van der Waals surface area contributed by atoms with Gasteiger partial charge in [0.05, 0.1) is 0 Å². The molecule has 0 aliphatic rings. The molecular weight excluding hydrogens is 248 g/mol. The van der Waals surface area contributed by atoms with Crippen molar-refractivity contribution in [2.24, 2.45) is 5.73 Å². The minimum Gasteiger partial charge on any atom is -0.480 e. The number of aliphatic carboxylic acids is 1. The van der Waals surface area contributed by atoms with Crippen LogP contribution in [0, 0.1) is 0 Å². The van der Waals surface area contributed by atoms with Gasteiger partial charge in [-0.25, -0.2) is 0 Å². The Morgan fingerprint density at radius 3 is 2.32 bits per heavy atom. The lowest BCUT2D eigenvalue weighted by molar-refractivity contribution is -0.143. The van der Waals surface area contributed by atoms with Crippen LogP contribution in [0.4, 0.5) is 0 Å². The highest BCUT2D eigenvalue weighted by Crippen LogP contribution is 2.02. The zero-order valence-electron chi connectivity index (χ0n) is 10.2. The lowest BCUT2D eigenvalue weighted by Gasteiger charge is -2.16. The molecule has 2 amide bonds. The summed E-state index contributed by atoms with van der Waals surface area (Å²) >= 11 is 0. The monoisotopic (exact) mass is 262 g/mol. The molecule has 1 aromatic carbocycles. The molecule has 0 radical (unpaired) electrons. The van der Waals surface area contributed by atoms with Gasteiger partial charge in [-0.15, -0.1) is 0 Å². The number of hydrogen-bond donors (Lipinski definition) is 2. The van der Waals surface area contributed by atoms with Crippen molar-refractivity contribution < 1.29 is 19.5 Å². The second kappa shape index (κ2) is 6.95. The molecular formula is C13H14N2O4. The average molecular weight is 262 g/mol. The Balaban J connectivity index is 2.73. The number of benzene rings is 1. The fourth-order valence-corrected chi connectivity index (χ4v) is 1.40. The molecule has 0 atom stereocenters. The standard InChI is InChI=1S/C13H14N2O4/c14-11(16)8-15(9-13(18)19)12(17)7-6-10-4-2-1-3-5-10/h1-7H,8-9H2,(H2,14,16)(H,18,19)/b7-6+. The Kier molecular flexibility index (Phi) is 5.28. The molecule has 3 N–H and O–H groups in total. The minimum atomic E-state index is -1.21. The van der Waals surface area contributed by atoms with Crippen LogP contribution in [0.3, 0.4) is 0 Å². The third kappa shape index (κ3) is 5.49. The Hall–Kier alpha value is -2.63. The van der Waals surface area contributed by atoms with Crippen molar-refractivity contribution in [3.63, 3.8) is 0 Å². The Bertz CT molecular complexity index is 481. The van der Waals surface area contributed by atoms with E-state index in [0.717, 1.165) is 10.5 Å². The van der Waals surface area contributed by atoms with E-state index in [2.05, 4.69) is 0 Å². The molecule has 0 heterocycles. The second-order valence-electron chi connectivity index (χ2n) is 3.80. The summed E-state index contributed by atoms with van der Waals surface area (Å²) in [5.41, 5.74) is 5.76. The van der Waals surface area contributed by atoms with Crippen LogP contribution < -0.4 is 5.73 Å². The quantitative estimate of drug-likeness (QED) is 0.710. The first-order valence-electron chi connectivity index (χ1n) is 5.51. The third-order valence-corrected chi connectivity index (χ3v) is 2.20. The summed E-state index contributed by atoms with van der Waals surface area (Å²) in [5.74, 6) is -2.55. The van der Waals surface area contributed by atoms with Gasteiger partial charge >= 0.3 is 5.97 Å². The van der Waals surface area contributed by atoms with E-state index >= 15 is 0 Å². The van der Waals surface area contributed by atoms with Crippen molar-refractivity contribution in [1.29, 1.82) is 0 Å². The van der Waals surface area contributed by atoms with Gasteiger partial charge in [-0.05, 0) is 11.6 Å². The Morgan fingerprint density at radius 2 is 1.79 bits per heavy atom. The van der Waals surface area contributed by atoms with Crippen LogP contribution in [0.25, 0.3) is 6.08 Å². The summed E-state index contributed by atoms with van der Waals surface area (Å²) in [4.78, 5) is 34.0. The lowest BCUT2D eigenvalue weighted by atomic mass is 10.2. The van der Waals surface area contributed by atoms with E-state index in [0.29, 0.717) is 0 Å². The summed E-state index contributed by atoms with van der Waals surface area (Å²) in [6, 6.07) is 9.03. The maximum Gasteiger partial charge on any atom is 0.323 e. The van der Waals surface area contributed by atoms with E-state index in [1.54, 1.807) is 12.1 Å². The zero-order valence-corrected chi connectivity index (χ0v) is 10.2. The van der Waals surface area contributed by atoms with E-state index < -0.39 is 30.9 Å². The highest BCUT2D eigenvalue weighted by molar-refractivity contribution is 5.95. The molecule has 6 nitrogen and oxygen atoms in total. The van der Waals surface area contributed by atoms with Gasteiger partial charge in [0.15, 0.2) is 0 Å². The van der Waals surface area contributed by atoms with Crippen molar-refractivity contribution >= 4 is 23.9 Å². The summed E-state index contributed by atoms with van der Waals surface area (Å²) in [7, 11) is 0. The molecule has 0 spiro atoms. The first-order valence-corrected chi connectivity index (χ1v) is 5.51. The number of amides is 2. The maximum atomic E-state index is 11.8. The number of nitrogens with two attached hydrogens (primary N) is 1. The normalized spacial score (nSPS) is 10.3.